The number of rotatable bonds is 6. The minimum absolute atomic E-state index is 0.00640. The molecule has 1 aliphatic rings. The highest BCUT2D eigenvalue weighted by Crippen LogP contribution is 2.34. The van der Waals surface area contributed by atoms with Crippen molar-refractivity contribution in [2.24, 2.45) is 5.92 Å². The normalized spacial score (nSPS) is 15.8. The lowest BCUT2D eigenvalue weighted by Gasteiger charge is -2.26. The Morgan fingerprint density at radius 3 is 2.67 bits per heavy atom. The predicted octanol–water partition coefficient (Wildman–Crippen LogP) is 4.80. The van der Waals surface area contributed by atoms with E-state index in [1.807, 2.05) is 43.3 Å². The molecule has 1 aliphatic carbocycles. The molecule has 0 spiro atoms. The van der Waals surface area contributed by atoms with Crippen LogP contribution in [0.2, 0.25) is 0 Å². The average molecular weight is 405 g/mol. The first kappa shape index (κ1) is 20.3. The summed E-state index contributed by atoms with van der Waals surface area (Å²) in [5.74, 6) is 0.0411. The van der Waals surface area contributed by atoms with Gasteiger partial charge in [0, 0.05) is 12.3 Å². The van der Waals surface area contributed by atoms with Crippen LogP contribution in [0.3, 0.4) is 0 Å². The minimum atomic E-state index is -0.279. The van der Waals surface area contributed by atoms with E-state index in [2.05, 4.69) is 4.98 Å². The highest BCUT2D eigenvalue weighted by atomic mass is 16.5. The van der Waals surface area contributed by atoms with Crippen molar-refractivity contribution in [3.8, 4) is 0 Å². The van der Waals surface area contributed by atoms with Gasteiger partial charge in [0.2, 0.25) is 0 Å². The molecule has 0 aliphatic heterocycles. The summed E-state index contributed by atoms with van der Waals surface area (Å²) in [5, 5.41) is 0. The fraction of sp³-hybridized carbons (Fsp3) is 0.400. The molecule has 0 saturated heterocycles. The van der Waals surface area contributed by atoms with Crippen LogP contribution in [0, 0.1) is 12.8 Å². The Balaban J connectivity index is 1.50. The van der Waals surface area contributed by atoms with Gasteiger partial charge in [-0.3, -0.25) is 14.0 Å². The maximum atomic E-state index is 13.1. The number of aromatic nitrogens is 2. The van der Waals surface area contributed by atoms with Crippen molar-refractivity contribution in [1.82, 2.24) is 9.38 Å². The molecule has 4 rings (SSSR count). The lowest BCUT2D eigenvalue weighted by atomic mass is 9.80. The van der Waals surface area contributed by atoms with Crippen LogP contribution in [0.4, 0.5) is 0 Å². The van der Waals surface area contributed by atoms with Crippen molar-refractivity contribution in [2.45, 2.75) is 58.0 Å². The maximum Gasteiger partial charge on any atom is 0.313 e. The first-order chi connectivity index (χ1) is 14.6. The molecular formula is C25H28N2O3. The minimum Gasteiger partial charge on any atom is -0.459 e. The Hall–Kier alpha value is -2.95. The number of hydrogen-bond donors (Lipinski definition) is 0. The first-order valence-corrected chi connectivity index (χ1v) is 10.8. The van der Waals surface area contributed by atoms with E-state index in [1.165, 1.54) is 42.6 Å². The second-order valence-electron chi connectivity index (χ2n) is 8.33. The summed E-state index contributed by atoms with van der Waals surface area (Å²) in [4.78, 5) is 29.9. The molecule has 1 saturated carbocycles. The summed E-state index contributed by atoms with van der Waals surface area (Å²) in [7, 11) is 0. The lowest BCUT2D eigenvalue weighted by Crippen LogP contribution is -2.21. The molecule has 0 bridgehead atoms. The summed E-state index contributed by atoms with van der Waals surface area (Å²) in [6.07, 6.45) is 8.71. The van der Waals surface area contributed by atoms with Crippen molar-refractivity contribution < 1.29 is 9.53 Å². The Bertz CT molecular complexity index is 1070. The van der Waals surface area contributed by atoms with Gasteiger partial charge in [-0.25, -0.2) is 4.98 Å². The summed E-state index contributed by atoms with van der Waals surface area (Å²) in [6.45, 7) is 1.93. The van der Waals surface area contributed by atoms with E-state index in [1.54, 1.807) is 12.3 Å². The van der Waals surface area contributed by atoms with E-state index in [0.717, 1.165) is 17.5 Å². The molecule has 1 aromatic carbocycles. The lowest BCUT2D eigenvalue weighted by molar-refractivity contribution is -0.147. The third-order valence-electron chi connectivity index (χ3n) is 6.00. The number of nitrogens with zero attached hydrogens (tertiary/aromatic N) is 2. The second-order valence-corrected chi connectivity index (χ2v) is 8.33. The summed E-state index contributed by atoms with van der Waals surface area (Å²) < 4.78 is 7.17. The van der Waals surface area contributed by atoms with E-state index in [4.69, 9.17) is 4.74 Å². The zero-order valence-corrected chi connectivity index (χ0v) is 17.4. The molecule has 5 heteroatoms. The number of carbonyl (C=O) groups excluding carboxylic acids is 1. The largest absolute Gasteiger partial charge is 0.459 e. The second kappa shape index (κ2) is 9.24. The Kier molecular flexibility index (Phi) is 6.26. The predicted molar refractivity (Wildman–Crippen MR) is 116 cm³/mol. The van der Waals surface area contributed by atoms with Crippen LogP contribution in [-0.4, -0.2) is 15.4 Å². The van der Waals surface area contributed by atoms with Gasteiger partial charge in [-0.1, -0.05) is 68.5 Å². The van der Waals surface area contributed by atoms with Gasteiger partial charge in [0.1, 0.15) is 12.3 Å². The van der Waals surface area contributed by atoms with Crippen LogP contribution < -0.4 is 5.56 Å². The topological polar surface area (TPSA) is 60.7 Å². The molecule has 5 nitrogen and oxygen atoms in total. The number of carbonyl (C=O) groups is 1. The van der Waals surface area contributed by atoms with Crippen LogP contribution >= 0.6 is 0 Å². The Morgan fingerprint density at radius 2 is 1.90 bits per heavy atom. The van der Waals surface area contributed by atoms with Gasteiger partial charge in [-0.2, -0.15) is 0 Å². The number of pyridine rings is 1. The summed E-state index contributed by atoms with van der Waals surface area (Å²) in [6, 6.07) is 15.0. The first-order valence-electron chi connectivity index (χ1n) is 10.8. The van der Waals surface area contributed by atoms with Crippen LogP contribution in [0.25, 0.3) is 5.65 Å². The third kappa shape index (κ3) is 4.78. The van der Waals surface area contributed by atoms with E-state index in [-0.39, 0.29) is 24.1 Å². The summed E-state index contributed by atoms with van der Waals surface area (Å²) >= 11 is 0. The van der Waals surface area contributed by atoms with Gasteiger partial charge in [0.15, 0.2) is 0 Å². The number of ether oxygens (including phenoxy) is 1. The molecular weight excluding hydrogens is 376 g/mol. The van der Waals surface area contributed by atoms with Gasteiger partial charge in [0.05, 0.1) is 11.6 Å². The monoisotopic (exact) mass is 404 g/mol. The zero-order chi connectivity index (χ0) is 20.9. The van der Waals surface area contributed by atoms with Crippen LogP contribution in [0.15, 0.2) is 59.5 Å². The smallest absolute Gasteiger partial charge is 0.313 e. The SMILES string of the molecule is Cc1ccc2nc(COC(=O)C(CC3CCCCC3)c3ccccc3)cc(=O)n2c1. The van der Waals surface area contributed by atoms with E-state index < -0.39 is 0 Å². The molecule has 0 radical (unpaired) electrons. The maximum absolute atomic E-state index is 13.1. The van der Waals surface area contributed by atoms with E-state index >= 15 is 0 Å². The van der Waals surface area contributed by atoms with Crippen molar-refractivity contribution in [3.63, 3.8) is 0 Å². The number of aryl methyl sites for hydroxylation is 1. The van der Waals surface area contributed by atoms with Gasteiger partial charge in [0.25, 0.3) is 5.56 Å². The zero-order valence-electron chi connectivity index (χ0n) is 17.4. The van der Waals surface area contributed by atoms with Crippen molar-refractivity contribution in [1.29, 1.82) is 0 Å². The Morgan fingerprint density at radius 1 is 1.13 bits per heavy atom. The number of esters is 1. The van der Waals surface area contributed by atoms with E-state index in [0.29, 0.717) is 17.3 Å². The molecule has 1 unspecified atom stereocenters. The molecule has 3 aromatic rings. The molecule has 2 heterocycles. The molecule has 30 heavy (non-hydrogen) atoms. The van der Waals surface area contributed by atoms with E-state index in [9.17, 15) is 9.59 Å². The quantitative estimate of drug-likeness (QED) is 0.554. The number of hydrogen-bond acceptors (Lipinski definition) is 4. The highest BCUT2D eigenvalue weighted by molar-refractivity contribution is 5.78. The summed E-state index contributed by atoms with van der Waals surface area (Å²) in [5.41, 5.74) is 2.84. The Labute approximate surface area is 176 Å². The van der Waals surface area contributed by atoms with Gasteiger partial charge in [-0.15, -0.1) is 0 Å². The van der Waals surface area contributed by atoms with Crippen molar-refractivity contribution >= 4 is 11.6 Å². The molecule has 0 amide bonds. The highest BCUT2D eigenvalue weighted by Gasteiger charge is 2.27. The number of benzene rings is 1. The molecule has 156 valence electrons. The van der Waals surface area contributed by atoms with Crippen LogP contribution in [0.5, 0.6) is 0 Å². The van der Waals surface area contributed by atoms with Gasteiger partial charge >= 0.3 is 5.97 Å². The molecule has 1 atom stereocenters. The fourth-order valence-electron chi connectivity index (χ4n) is 4.39. The molecule has 2 aromatic heterocycles. The standard InChI is InChI=1S/C25H28N2O3/c1-18-12-13-23-26-21(15-24(28)27(23)16-18)17-30-25(29)22(20-10-6-3-7-11-20)14-19-8-4-2-5-9-19/h3,6-7,10-13,15-16,19,22H,2,4-5,8-9,14,17H2,1H3. The molecule has 0 N–H and O–H groups in total. The average Bonchev–Trinajstić information content (AvgIpc) is 2.77. The third-order valence-corrected chi connectivity index (χ3v) is 6.00. The molecule has 1 fully saturated rings. The van der Waals surface area contributed by atoms with Crippen molar-refractivity contribution in [2.75, 3.05) is 0 Å². The van der Waals surface area contributed by atoms with Crippen molar-refractivity contribution in [3.05, 3.63) is 81.9 Å². The van der Waals surface area contributed by atoms with Gasteiger partial charge in [-0.05, 0) is 36.5 Å². The van der Waals surface area contributed by atoms with Gasteiger partial charge < -0.3 is 4.74 Å². The van der Waals surface area contributed by atoms with Crippen LogP contribution in [0.1, 0.15) is 61.3 Å². The van der Waals surface area contributed by atoms with Crippen LogP contribution in [-0.2, 0) is 16.1 Å². The fourth-order valence-corrected chi connectivity index (χ4v) is 4.39. The number of fused-ring (bicyclic) bond motifs is 1.